The Hall–Kier alpha value is -1.94. The summed E-state index contributed by atoms with van der Waals surface area (Å²) >= 11 is 5.82. The molecular weight excluding hydrogens is 264 g/mol. The normalized spacial score (nSPS) is 10.4. The van der Waals surface area contributed by atoms with Crippen molar-refractivity contribution in [2.24, 2.45) is 0 Å². The van der Waals surface area contributed by atoms with Crippen LogP contribution in [-0.4, -0.2) is 21.0 Å². The van der Waals surface area contributed by atoms with Crippen molar-refractivity contribution in [1.82, 2.24) is 9.97 Å². The molecule has 1 aromatic heterocycles. The van der Waals surface area contributed by atoms with E-state index in [1.54, 1.807) is 0 Å². The number of carboxylic acid groups (broad SMARTS) is 1. The Bertz CT molecular complexity index is 597. The van der Waals surface area contributed by atoms with Crippen LogP contribution in [0.2, 0.25) is 5.15 Å². The van der Waals surface area contributed by atoms with E-state index < -0.39 is 5.97 Å². The van der Waals surface area contributed by atoms with Gasteiger partial charge in [-0.15, -0.1) is 0 Å². The Balaban J connectivity index is 2.31. The number of carbonyl (C=O) groups is 1. The highest BCUT2D eigenvalue weighted by Crippen LogP contribution is 2.20. The average Bonchev–Trinajstić information content (AvgIpc) is 2.39. The molecule has 0 aliphatic rings. The van der Waals surface area contributed by atoms with E-state index in [4.69, 9.17) is 16.7 Å². The van der Waals surface area contributed by atoms with E-state index in [0.29, 0.717) is 5.82 Å². The second kappa shape index (κ2) is 5.80. The Kier molecular flexibility index (Phi) is 4.12. The van der Waals surface area contributed by atoms with Gasteiger partial charge in [-0.3, -0.25) is 0 Å². The van der Waals surface area contributed by atoms with Crippen LogP contribution >= 0.6 is 11.6 Å². The van der Waals surface area contributed by atoms with Gasteiger partial charge in [-0.1, -0.05) is 49.2 Å². The molecular formula is C14H13ClN2O2. The minimum atomic E-state index is -1.13. The monoisotopic (exact) mass is 276 g/mol. The molecule has 1 aromatic carbocycles. The maximum absolute atomic E-state index is 10.8. The van der Waals surface area contributed by atoms with Crippen molar-refractivity contribution in [2.45, 2.75) is 19.8 Å². The molecule has 0 radical (unpaired) electrons. The lowest BCUT2D eigenvalue weighted by Crippen LogP contribution is -2.01. The highest BCUT2D eigenvalue weighted by atomic mass is 35.5. The quantitative estimate of drug-likeness (QED) is 0.869. The summed E-state index contributed by atoms with van der Waals surface area (Å²) in [5, 5.41) is 8.81. The highest BCUT2D eigenvalue weighted by molar-refractivity contribution is 6.32. The number of nitrogens with zero attached hydrogens (tertiary/aromatic N) is 2. The summed E-state index contributed by atoms with van der Waals surface area (Å²) in [5.41, 5.74) is 1.98. The van der Waals surface area contributed by atoms with E-state index in [9.17, 15) is 4.79 Å². The molecule has 4 nitrogen and oxygen atoms in total. The number of hydrogen-bond acceptors (Lipinski definition) is 3. The number of aromatic nitrogens is 2. The van der Waals surface area contributed by atoms with Gasteiger partial charge in [-0.05, 0) is 12.0 Å². The Morgan fingerprint density at radius 1 is 1.32 bits per heavy atom. The zero-order chi connectivity index (χ0) is 13.8. The van der Waals surface area contributed by atoms with Crippen molar-refractivity contribution in [3.63, 3.8) is 0 Å². The molecule has 0 saturated heterocycles. The summed E-state index contributed by atoms with van der Waals surface area (Å²) in [7, 11) is 0. The summed E-state index contributed by atoms with van der Waals surface area (Å²) in [5.74, 6) is -0.701. The van der Waals surface area contributed by atoms with Crippen LogP contribution in [0.15, 0.2) is 30.5 Å². The van der Waals surface area contributed by atoms with Crippen molar-refractivity contribution in [1.29, 1.82) is 0 Å². The Morgan fingerprint density at radius 2 is 2.00 bits per heavy atom. The van der Waals surface area contributed by atoms with Crippen molar-refractivity contribution in [3.05, 3.63) is 46.7 Å². The van der Waals surface area contributed by atoms with Gasteiger partial charge in [0.2, 0.25) is 0 Å². The highest BCUT2D eigenvalue weighted by Gasteiger charge is 2.12. The first-order chi connectivity index (χ1) is 9.11. The van der Waals surface area contributed by atoms with Crippen molar-refractivity contribution in [2.75, 3.05) is 0 Å². The summed E-state index contributed by atoms with van der Waals surface area (Å²) in [6.07, 6.45) is 3.35. The van der Waals surface area contributed by atoms with Gasteiger partial charge in [0.25, 0.3) is 0 Å². The average molecular weight is 277 g/mol. The minimum absolute atomic E-state index is 0.0462. The van der Waals surface area contributed by atoms with Crippen molar-refractivity contribution >= 4 is 17.6 Å². The molecule has 0 aliphatic heterocycles. The van der Waals surface area contributed by atoms with Gasteiger partial charge in [0.1, 0.15) is 10.7 Å². The first-order valence-corrected chi connectivity index (χ1v) is 6.34. The molecule has 0 spiro atoms. The van der Waals surface area contributed by atoms with E-state index in [1.165, 1.54) is 11.8 Å². The molecule has 1 N–H and O–H groups in total. The zero-order valence-electron chi connectivity index (χ0n) is 10.4. The van der Waals surface area contributed by atoms with E-state index in [2.05, 4.69) is 16.9 Å². The topological polar surface area (TPSA) is 63.1 Å². The Labute approximate surface area is 116 Å². The van der Waals surface area contributed by atoms with Crippen molar-refractivity contribution < 1.29 is 9.90 Å². The molecule has 2 aromatic rings. The van der Waals surface area contributed by atoms with E-state index in [1.807, 2.05) is 24.3 Å². The molecule has 0 bridgehead atoms. The molecule has 5 heteroatoms. The molecule has 19 heavy (non-hydrogen) atoms. The number of benzene rings is 1. The maximum Gasteiger partial charge on any atom is 0.340 e. The lowest BCUT2D eigenvalue weighted by Gasteiger charge is -2.04. The smallest absolute Gasteiger partial charge is 0.340 e. The fourth-order valence-corrected chi connectivity index (χ4v) is 1.96. The number of halogens is 1. The molecule has 1 heterocycles. The van der Waals surface area contributed by atoms with Crippen LogP contribution in [-0.2, 0) is 6.42 Å². The molecule has 0 atom stereocenters. The molecule has 0 aliphatic carbocycles. The van der Waals surface area contributed by atoms with Gasteiger partial charge in [-0.2, -0.15) is 0 Å². The van der Waals surface area contributed by atoms with Crippen molar-refractivity contribution in [3.8, 4) is 11.4 Å². The summed E-state index contributed by atoms with van der Waals surface area (Å²) in [6, 6.07) is 7.86. The lowest BCUT2D eigenvalue weighted by molar-refractivity contribution is 0.0696. The van der Waals surface area contributed by atoms with Crippen LogP contribution in [0, 0.1) is 0 Å². The molecule has 0 fully saturated rings. The van der Waals surface area contributed by atoms with Gasteiger partial charge in [0.15, 0.2) is 5.82 Å². The third kappa shape index (κ3) is 3.09. The lowest BCUT2D eigenvalue weighted by atomic mass is 10.1. The molecule has 2 rings (SSSR count). The molecule has 98 valence electrons. The number of rotatable bonds is 4. The standard InChI is InChI=1S/C14H13ClN2O2/c1-2-3-9-4-6-10(7-5-9)13-16-8-11(14(18)19)12(15)17-13/h4-8H,2-3H2,1H3,(H,18,19). The fraction of sp³-hybridized carbons (Fsp3) is 0.214. The first-order valence-electron chi connectivity index (χ1n) is 5.97. The van der Waals surface area contributed by atoms with Crippen LogP contribution in [0.4, 0.5) is 0 Å². The fourth-order valence-electron chi connectivity index (χ4n) is 1.75. The third-order valence-electron chi connectivity index (χ3n) is 2.72. The third-order valence-corrected chi connectivity index (χ3v) is 3.01. The summed E-state index contributed by atoms with van der Waals surface area (Å²) in [6.45, 7) is 2.13. The number of aromatic carboxylic acids is 1. The largest absolute Gasteiger partial charge is 0.478 e. The first kappa shape index (κ1) is 13.5. The SMILES string of the molecule is CCCc1ccc(-c2ncc(C(=O)O)c(Cl)n2)cc1. The zero-order valence-corrected chi connectivity index (χ0v) is 11.2. The van der Waals surface area contributed by atoms with Gasteiger partial charge in [0, 0.05) is 11.8 Å². The van der Waals surface area contributed by atoms with Crippen LogP contribution < -0.4 is 0 Å². The van der Waals surface area contributed by atoms with Gasteiger partial charge >= 0.3 is 5.97 Å². The predicted octanol–water partition coefficient (Wildman–Crippen LogP) is 3.45. The van der Waals surface area contributed by atoms with Gasteiger partial charge in [-0.25, -0.2) is 14.8 Å². The molecule has 0 saturated carbocycles. The summed E-state index contributed by atoms with van der Waals surface area (Å²) in [4.78, 5) is 18.9. The molecule has 0 unspecified atom stereocenters. The van der Waals surface area contributed by atoms with Crippen LogP contribution in [0.1, 0.15) is 29.3 Å². The number of aryl methyl sites for hydroxylation is 1. The summed E-state index contributed by atoms with van der Waals surface area (Å²) < 4.78 is 0. The number of hydrogen-bond donors (Lipinski definition) is 1. The van der Waals surface area contributed by atoms with Crippen LogP contribution in [0.25, 0.3) is 11.4 Å². The minimum Gasteiger partial charge on any atom is -0.478 e. The van der Waals surface area contributed by atoms with E-state index >= 15 is 0 Å². The second-order valence-corrected chi connectivity index (χ2v) is 4.51. The van der Waals surface area contributed by atoms with Crippen LogP contribution in [0.3, 0.4) is 0 Å². The number of carboxylic acids is 1. The van der Waals surface area contributed by atoms with Crippen LogP contribution in [0.5, 0.6) is 0 Å². The maximum atomic E-state index is 10.8. The van der Waals surface area contributed by atoms with E-state index in [0.717, 1.165) is 18.4 Å². The van der Waals surface area contributed by atoms with E-state index in [-0.39, 0.29) is 10.7 Å². The molecule has 0 amide bonds. The second-order valence-electron chi connectivity index (χ2n) is 4.15. The Morgan fingerprint density at radius 3 is 2.53 bits per heavy atom. The van der Waals surface area contributed by atoms with Gasteiger partial charge < -0.3 is 5.11 Å². The predicted molar refractivity (Wildman–Crippen MR) is 73.4 cm³/mol. The van der Waals surface area contributed by atoms with Gasteiger partial charge in [0.05, 0.1) is 0 Å².